The van der Waals surface area contributed by atoms with E-state index in [9.17, 15) is 0 Å². The second-order valence-electron chi connectivity index (χ2n) is 2.83. The zero-order valence-corrected chi connectivity index (χ0v) is 6.65. The first-order valence-corrected chi connectivity index (χ1v) is 3.48. The van der Waals surface area contributed by atoms with Crippen LogP contribution in [0.5, 0.6) is 0 Å². The van der Waals surface area contributed by atoms with Crippen molar-refractivity contribution in [2.24, 2.45) is 5.92 Å². The molecule has 0 atom stereocenters. The van der Waals surface area contributed by atoms with E-state index in [4.69, 9.17) is 0 Å². The third-order valence-electron chi connectivity index (χ3n) is 2.32. The molecule has 1 aliphatic carbocycles. The van der Waals surface area contributed by atoms with E-state index in [2.05, 4.69) is 33.8 Å². The molecule has 9 heavy (non-hydrogen) atoms. The van der Waals surface area contributed by atoms with Gasteiger partial charge in [0, 0.05) is 5.92 Å². The van der Waals surface area contributed by atoms with E-state index < -0.39 is 0 Å². The van der Waals surface area contributed by atoms with E-state index in [-0.39, 0.29) is 0 Å². The lowest BCUT2D eigenvalue weighted by molar-refractivity contribution is 1.01. The van der Waals surface area contributed by atoms with Crippen molar-refractivity contribution in [3.63, 3.8) is 0 Å². The molecule has 1 aliphatic rings. The standard InChI is InChI=1S/C9H14/c1-5-6(2)9-7(3)8(9)4/h5,9H,1-4H3/b6-5+. The minimum absolute atomic E-state index is 0.745. The van der Waals surface area contributed by atoms with E-state index in [0.29, 0.717) is 0 Å². The van der Waals surface area contributed by atoms with Gasteiger partial charge in [-0.05, 0) is 27.7 Å². The molecule has 50 valence electrons. The van der Waals surface area contributed by atoms with Crippen molar-refractivity contribution in [1.82, 2.24) is 0 Å². The Morgan fingerprint density at radius 3 is 1.89 bits per heavy atom. The van der Waals surface area contributed by atoms with Crippen molar-refractivity contribution in [1.29, 1.82) is 0 Å². The summed E-state index contributed by atoms with van der Waals surface area (Å²) in [7, 11) is 0. The molecule has 0 bridgehead atoms. The molecule has 1 rings (SSSR count). The third-order valence-corrected chi connectivity index (χ3v) is 2.32. The van der Waals surface area contributed by atoms with Gasteiger partial charge in [0.15, 0.2) is 0 Å². The van der Waals surface area contributed by atoms with E-state index in [1.54, 1.807) is 11.1 Å². The lowest BCUT2D eigenvalue weighted by Crippen LogP contribution is -1.82. The van der Waals surface area contributed by atoms with Crippen LogP contribution in [0.1, 0.15) is 27.7 Å². The Kier molecular flexibility index (Phi) is 1.48. The summed E-state index contributed by atoms with van der Waals surface area (Å²) in [6.45, 7) is 8.74. The lowest BCUT2D eigenvalue weighted by atomic mass is 10.1. The van der Waals surface area contributed by atoms with E-state index in [1.807, 2.05) is 0 Å². The van der Waals surface area contributed by atoms with Crippen LogP contribution in [0.15, 0.2) is 22.8 Å². The molecule has 0 fully saturated rings. The van der Waals surface area contributed by atoms with Gasteiger partial charge in [0.05, 0.1) is 0 Å². The third kappa shape index (κ3) is 0.937. The smallest absolute Gasteiger partial charge is 0.0214 e. The van der Waals surface area contributed by atoms with E-state index >= 15 is 0 Å². The lowest BCUT2D eigenvalue weighted by Gasteiger charge is -1.95. The average molecular weight is 122 g/mol. The number of hydrogen-bond donors (Lipinski definition) is 0. The first-order valence-electron chi connectivity index (χ1n) is 3.48. The fraction of sp³-hybridized carbons (Fsp3) is 0.556. The Balaban J connectivity index is 2.56. The largest absolute Gasteiger partial charge is 0.0878 e. The van der Waals surface area contributed by atoms with Crippen LogP contribution in [0.3, 0.4) is 0 Å². The molecule has 0 saturated heterocycles. The highest BCUT2D eigenvalue weighted by atomic mass is 14.3. The molecule has 0 aliphatic heterocycles. The van der Waals surface area contributed by atoms with Crippen LogP contribution in [-0.4, -0.2) is 0 Å². The summed E-state index contributed by atoms with van der Waals surface area (Å²) in [6.07, 6.45) is 2.20. The predicted octanol–water partition coefficient (Wildman–Crippen LogP) is 2.92. The highest BCUT2D eigenvalue weighted by molar-refractivity contribution is 5.45. The van der Waals surface area contributed by atoms with Crippen LogP contribution < -0.4 is 0 Å². The fourth-order valence-electron chi connectivity index (χ4n) is 1.32. The molecule has 0 unspecified atom stereocenters. The monoisotopic (exact) mass is 122 g/mol. The second kappa shape index (κ2) is 2.02. The average Bonchev–Trinajstić information content (AvgIpc) is 2.40. The zero-order valence-electron chi connectivity index (χ0n) is 6.65. The summed E-state index contributed by atoms with van der Waals surface area (Å²) < 4.78 is 0. The Labute approximate surface area is 57.3 Å². The zero-order chi connectivity index (χ0) is 7.02. The van der Waals surface area contributed by atoms with Gasteiger partial charge in [0.2, 0.25) is 0 Å². The van der Waals surface area contributed by atoms with Crippen molar-refractivity contribution in [3.05, 3.63) is 22.8 Å². The van der Waals surface area contributed by atoms with Crippen molar-refractivity contribution < 1.29 is 0 Å². The Morgan fingerprint density at radius 2 is 1.78 bits per heavy atom. The molecular formula is C9H14. The van der Waals surface area contributed by atoms with Gasteiger partial charge in [-0.3, -0.25) is 0 Å². The van der Waals surface area contributed by atoms with Gasteiger partial charge in [-0.25, -0.2) is 0 Å². The molecule has 0 N–H and O–H groups in total. The van der Waals surface area contributed by atoms with Crippen LogP contribution in [0, 0.1) is 5.92 Å². The van der Waals surface area contributed by atoms with Gasteiger partial charge in [0.25, 0.3) is 0 Å². The highest BCUT2D eigenvalue weighted by Gasteiger charge is 2.28. The molecule has 0 aromatic heterocycles. The maximum Gasteiger partial charge on any atom is 0.0214 e. The number of allylic oxidation sites excluding steroid dienone is 4. The SMILES string of the molecule is C/C=C(\C)C1C(C)=C1C. The van der Waals surface area contributed by atoms with Crippen LogP contribution >= 0.6 is 0 Å². The Bertz CT molecular complexity index is 170. The maximum atomic E-state index is 2.22. The maximum absolute atomic E-state index is 2.22. The van der Waals surface area contributed by atoms with Gasteiger partial charge in [-0.15, -0.1) is 0 Å². The molecule has 0 spiro atoms. The summed E-state index contributed by atoms with van der Waals surface area (Å²) in [6, 6.07) is 0. The van der Waals surface area contributed by atoms with E-state index in [1.165, 1.54) is 5.57 Å². The normalized spacial score (nSPS) is 21.1. The molecule has 0 aromatic carbocycles. The Morgan fingerprint density at radius 1 is 1.33 bits per heavy atom. The molecule has 0 heterocycles. The Hall–Kier alpha value is -0.520. The predicted molar refractivity (Wildman–Crippen MR) is 41.3 cm³/mol. The minimum atomic E-state index is 0.745. The van der Waals surface area contributed by atoms with E-state index in [0.717, 1.165) is 5.92 Å². The molecule has 0 amide bonds. The van der Waals surface area contributed by atoms with Crippen LogP contribution in [0.4, 0.5) is 0 Å². The van der Waals surface area contributed by atoms with Crippen molar-refractivity contribution in [2.75, 3.05) is 0 Å². The fourth-order valence-corrected chi connectivity index (χ4v) is 1.32. The summed E-state index contributed by atoms with van der Waals surface area (Å²) in [4.78, 5) is 0. The quantitative estimate of drug-likeness (QED) is 0.469. The van der Waals surface area contributed by atoms with Gasteiger partial charge in [0.1, 0.15) is 0 Å². The molecule has 0 radical (unpaired) electrons. The van der Waals surface area contributed by atoms with Crippen molar-refractivity contribution >= 4 is 0 Å². The number of hydrogen-bond acceptors (Lipinski definition) is 0. The molecule has 0 heteroatoms. The summed E-state index contributed by atoms with van der Waals surface area (Å²) in [5, 5.41) is 0. The van der Waals surface area contributed by atoms with Crippen molar-refractivity contribution in [3.8, 4) is 0 Å². The van der Waals surface area contributed by atoms with Gasteiger partial charge < -0.3 is 0 Å². The van der Waals surface area contributed by atoms with Gasteiger partial charge in [-0.2, -0.15) is 0 Å². The first-order chi connectivity index (χ1) is 4.18. The van der Waals surface area contributed by atoms with Gasteiger partial charge in [-0.1, -0.05) is 22.8 Å². The molecule has 0 aromatic rings. The van der Waals surface area contributed by atoms with Crippen LogP contribution in [0.25, 0.3) is 0 Å². The summed E-state index contributed by atoms with van der Waals surface area (Å²) >= 11 is 0. The highest BCUT2D eigenvalue weighted by Crippen LogP contribution is 2.43. The second-order valence-corrected chi connectivity index (χ2v) is 2.83. The van der Waals surface area contributed by atoms with Crippen LogP contribution in [0.2, 0.25) is 0 Å². The summed E-state index contributed by atoms with van der Waals surface area (Å²) in [5.41, 5.74) is 4.65. The molecule has 0 nitrogen and oxygen atoms in total. The first kappa shape index (κ1) is 6.60. The van der Waals surface area contributed by atoms with Crippen LogP contribution in [-0.2, 0) is 0 Å². The molecule has 0 saturated carbocycles. The van der Waals surface area contributed by atoms with Crippen molar-refractivity contribution in [2.45, 2.75) is 27.7 Å². The molecular weight excluding hydrogens is 108 g/mol. The number of rotatable bonds is 1. The minimum Gasteiger partial charge on any atom is -0.0878 e. The topological polar surface area (TPSA) is 0 Å². The van der Waals surface area contributed by atoms with Gasteiger partial charge >= 0.3 is 0 Å². The summed E-state index contributed by atoms with van der Waals surface area (Å²) in [5.74, 6) is 0.745.